The SMILES string of the molecule is COC(=O)c1cc(Cl)ccc1Cc1ccc2[nH]ccc2c1.COC(=O)c1cc(Cl)ccc1Cc1ccc2c(ccn2-c2ccccc2C#N)c1. The zero-order valence-electron chi connectivity index (χ0n) is 27.2. The van der Waals surface area contributed by atoms with Crippen LogP contribution in [0.2, 0.25) is 10.0 Å². The minimum atomic E-state index is -0.400. The molecule has 5 aromatic carbocycles. The number of carbonyl (C=O) groups excluding carboxylic acids is 2. The zero-order chi connectivity index (χ0) is 35.2. The van der Waals surface area contributed by atoms with Gasteiger partial charge in [-0.25, -0.2) is 9.59 Å². The Kier molecular flexibility index (Phi) is 10.3. The summed E-state index contributed by atoms with van der Waals surface area (Å²) in [5, 5.41) is 12.6. The Morgan fingerprint density at radius 2 is 1.32 bits per heavy atom. The van der Waals surface area contributed by atoms with Gasteiger partial charge < -0.3 is 19.0 Å². The Morgan fingerprint density at radius 1 is 0.720 bits per heavy atom. The highest BCUT2D eigenvalue weighted by molar-refractivity contribution is 6.31. The fraction of sp³-hybridized carbons (Fsp3) is 0.0976. The number of aromatic amines is 1. The monoisotopic (exact) mass is 699 g/mol. The molecular weight excluding hydrogens is 669 g/mol. The third-order valence-corrected chi connectivity index (χ3v) is 8.87. The van der Waals surface area contributed by atoms with Crippen molar-refractivity contribution in [3.63, 3.8) is 0 Å². The van der Waals surface area contributed by atoms with Gasteiger partial charge in [0, 0.05) is 33.3 Å². The van der Waals surface area contributed by atoms with Crippen LogP contribution in [0, 0.1) is 11.3 Å². The Hall–Kier alpha value is -5.81. The van der Waals surface area contributed by atoms with E-state index in [-0.39, 0.29) is 5.97 Å². The summed E-state index contributed by atoms with van der Waals surface area (Å²) < 4.78 is 11.7. The van der Waals surface area contributed by atoms with Crippen LogP contribution in [-0.2, 0) is 22.3 Å². The highest BCUT2D eigenvalue weighted by Crippen LogP contribution is 2.27. The van der Waals surface area contributed by atoms with Gasteiger partial charge in [-0.2, -0.15) is 5.26 Å². The van der Waals surface area contributed by atoms with E-state index in [0.29, 0.717) is 39.6 Å². The van der Waals surface area contributed by atoms with Crippen LogP contribution in [0.3, 0.4) is 0 Å². The van der Waals surface area contributed by atoms with Crippen LogP contribution in [-0.4, -0.2) is 35.7 Å². The van der Waals surface area contributed by atoms with E-state index in [1.54, 1.807) is 24.3 Å². The zero-order valence-corrected chi connectivity index (χ0v) is 28.8. The molecular formula is C41H31Cl2N3O4. The van der Waals surface area contributed by atoms with E-state index < -0.39 is 5.97 Å². The predicted octanol–water partition coefficient (Wildman–Crippen LogP) is 9.73. The van der Waals surface area contributed by atoms with Crippen molar-refractivity contribution < 1.29 is 19.1 Å². The number of carbonyl (C=O) groups is 2. The Balaban J connectivity index is 0.000000182. The summed E-state index contributed by atoms with van der Waals surface area (Å²) in [6, 6.07) is 36.8. The van der Waals surface area contributed by atoms with Gasteiger partial charge in [0.1, 0.15) is 6.07 Å². The quantitative estimate of drug-likeness (QED) is 0.167. The molecule has 50 heavy (non-hydrogen) atoms. The van der Waals surface area contributed by atoms with E-state index in [0.717, 1.165) is 49.7 Å². The molecule has 7 aromatic rings. The van der Waals surface area contributed by atoms with E-state index >= 15 is 0 Å². The van der Waals surface area contributed by atoms with Gasteiger partial charge in [-0.05, 0) is 113 Å². The average molecular weight is 701 g/mol. The molecule has 9 heteroatoms. The Labute approximate surface area is 299 Å². The van der Waals surface area contributed by atoms with Crippen LogP contribution in [0.1, 0.15) is 48.5 Å². The molecule has 0 aliphatic rings. The summed E-state index contributed by atoms with van der Waals surface area (Å²) in [5.74, 6) is -0.766. The first kappa shape index (κ1) is 34.1. The largest absolute Gasteiger partial charge is 0.465 e. The van der Waals surface area contributed by atoms with Crippen molar-refractivity contribution in [1.82, 2.24) is 9.55 Å². The van der Waals surface area contributed by atoms with Crippen molar-refractivity contribution in [1.29, 1.82) is 5.26 Å². The third-order valence-electron chi connectivity index (χ3n) is 8.40. The smallest absolute Gasteiger partial charge is 0.338 e. The number of hydrogen-bond acceptors (Lipinski definition) is 5. The average Bonchev–Trinajstić information content (AvgIpc) is 3.79. The molecule has 0 fully saturated rings. The molecule has 248 valence electrons. The number of methoxy groups -OCH3 is 2. The highest BCUT2D eigenvalue weighted by Gasteiger charge is 2.15. The Bertz CT molecular complexity index is 2400. The molecule has 0 saturated carbocycles. The van der Waals surface area contributed by atoms with Gasteiger partial charge in [0.25, 0.3) is 0 Å². The number of nitriles is 1. The van der Waals surface area contributed by atoms with Crippen LogP contribution in [0.4, 0.5) is 0 Å². The molecule has 0 bridgehead atoms. The summed E-state index contributed by atoms with van der Waals surface area (Å²) >= 11 is 12.0. The van der Waals surface area contributed by atoms with Gasteiger partial charge in [-0.1, -0.05) is 59.6 Å². The summed E-state index contributed by atoms with van der Waals surface area (Å²) in [6.07, 6.45) is 5.11. The van der Waals surface area contributed by atoms with Crippen molar-refractivity contribution in [2.45, 2.75) is 12.8 Å². The highest BCUT2D eigenvalue weighted by atomic mass is 35.5. The van der Waals surface area contributed by atoms with E-state index in [1.807, 2.05) is 83.7 Å². The molecule has 0 amide bonds. The first-order chi connectivity index (χ1) is 24.3. The van der Waals surface area contributed by atoms with Crippen molar-refractivity contribution in [3.8, 4) is 11.8 Å². The second-order valence-electron chi connectivity index (χ2n) is 11.5. The van der Waals surface area contributed by atoms with Gasteiger partial charge in [-0.15, -0.1) is 0 Å². The molecule has 2 aromatic heterocycles. The van der Waals surface area contributed by atoms with Gasteiger partial charge in [0.2, 0.25) is 0 Å². The summed E-state index contributed by atoms with van der Waals surface area (Å²) in [6.45, 7) is 0. The van der Waals surface area contributed by atoms with Gasteiger partial charge in [0.05, 0.1) is 42.1 Å². The van der Waals surface area contributed by atoms with E-state index in [2.05, 4.69) is 29.3 Å². The lowest BCUT2D eigenvalue weighted by Crippen LogP contribution is -2.06. The van der Waals surface area contributed by atoms with Crippen molar-refractivity contribution >= 4 is 56.9 Å². The number of nitrogens with zero attached hydrogens (tertiary/aromatic N) is 2. The molecule has 0 saturated heterocycles. The Morgan fingerprint density at radius 3 is 1.94 bits per heavy atom. The molecule has 2 heterocycles. The van der Waals surface area contributed by atoms with Crippen LogP contribution in [0.5, 0.6) is 0 Å². The lowest BCUT2D eigenvalue weighted by Gasteiger charge is -2.10. The van der Waals surface area contributed by atoms with Gasteiger partial charge >= 0.3 is 11.9 Å². The number of rotatable bonds is 7. The fourth-order valence-corrected chi connectivity index (χ4v) is 6.29. The second kappa shape index (κ2) is 15.2. The molecule has 0 atom stereocenters. The molecule has 0 unspecified atom stereocenters. The second-order valence-corrected chi connectivity index (χ2v) is 12.4. The molecule has 0 aliphatic heterocycles. The number of esters is 2. The van der Waals surface area contributed by atoms with Crippen molar-refractivity contribution in [2.75, 3.05) is 14.2 Å². The first-order valence-corrected chi connectivity index (χ1v) is 16.4. The maximum absolute atomic E-state index is 12.1. The molecule has 0 aliphatic carbocycles. The molecule has 7 nitrogen and oxygen atoms in total. The number of halogens is 2. The maximum Gasteiger partial charge on any atom is 0.338 e. The number of ether oxygens (including phenoxy) is 2. The molecule has 1 N–H and O–H groups in total. The predicted molar refractivity (Wildman–Crippen MR) is 197 cm³/mol. The molecule has 0 spiro atoms. The standard InChI is InChI=1S/C24H17ClN2O2.C17H14ClNO2/c1-29-24(28)21-14-20(25)8-7-17(21)12-16-6-9-23-18(13-16)10-11-27(23)22-5-3-2-4-19(22)15-26;1-21-17(20)15-10-14(18)4-3-12(15)8-11-2-5-16-13(9-11)6-7-19-16/h2-11,13-14H,12H2,1H3;2-7,9-10,19H,8H2,1H3. The fourth-order valence-electron chi connectivity index (χ4n) is 5.95. The van der Waals surface area contributed by atoms with Crippen LogP contribution in [0.15, 0.2) is 122 Å². The number of hydrogen-bond donors (Lipinski definition) is 1. The maximum atomic E-state index is 12.1. The normalized spacial score (nSPS) is 10.7. The first-order valence-electron chi connectivity index (χ1n) is 15.7. The topological polar surface area (TPSA) is 97.1 Å². The number of benzene rings is 5. The number of nitrogens with one attached hydrogen (secondary N) is 1. The number of H-pyrrole nitrogens is 1. The third kappa shape index (κ3) is 7.42. The van der Waals surface area contributed by atoms with Gasteiger partial charge in [0.15, 0.2) is 0 Å². The van der Waals surface area contributed by atoms with Crippen molar-refractivity contribution in [3.05, 3.63) is 171 Å². The number of aromatic nitrogens is 2. The summed E-state index contributed by atoms with van der Waals surface area (Å²) in [5.41, 5.74) is 8.53. The van der Waals surface area contributed by atoms with Crippen molar-refractivity contribution in [2.24, 2.45) is 0 Å². The van der Waals surface area contributed by atoms with E-state index in [1.165, 1.54) is 14.2 Å². The minimum absolute atomic E-state index is 0.366. The molecule has 7 rings (SSSR count). The number of para-hydroxylation sites is 1. The van der Waals surface area contributed by atoms with E-state index in [9.17, 15) is 14.9 Å². The lowest BCUT2D eigenvalue weighted by molar-refractivity contribution is 0.0590. The summed E-state index contributed by atoms with van der Waals surface area (Å²) in [4.78, 5) is 27.1. The lowest BCUT2D eigenvalue weighted by atomic mass is 9.99. The summed E-state index contributed by atoms with van der Waals surface area (Å²) in [7, 11) is 2.74. The van der Waals surface area contributed by atoms with Crippen LogP contribution >= 0.6 is 23.2 Å². The minimum Gasteiger partial charge on any atom is -0.465 e. The number of fused-ring (bicyclic) bond motifs is 2. The molecule has 0 radical (unpaired) electrons. The van der Waals surface area contributed by atoms with Crippen LogP contribution in [0.25, 0.3) is 27.5 Å². The van der Waals surface area contributed by atoms with E-state index in [4.69, 9.17) is 32.7 Å². The van der Waals surface area contributed by atoms with Gasteiger partial charge in [-0.3, -0.25) is 0 Å². The van der Waals surface area contributed by atoms with Crippen LogP contribution < -0.4 is 0 Å².